The lowest BCUT2D eigenvalue weighted by Gasteiger charge is -2.22. The van der Waals surface area contributed by atoms with Crippen LogP contribution in [-0.2, 0) is 11.2 Å². The van der Waals surface area contributed by atoms with Gasteiger partial charge in [0, 0.05) is 19.0 Å². The summed E-state index contributed by atoms with van der Waals surface area (Å²) in [6.45, 7) is 5.64. The van der Waals surface area contributed by atoms with Gasteiger partial charge in [0.1, 0.15) is 12.2 Å². The minimum Gasteiger partial charge on any atom is -0.481 e. The van der Waals surface area contributed by atoms with Gasteiger partial charge in [-0.3, -0.25) is 4.79 Å². The number of hydrogen-bond donors (Lipinski definition) is 2. The van der Waals surface area contributed by atoms with E-state index >= 15 is 0 Å². The Labute approximate surface area is 94.5 Å². The number of nitrogens with zero attached hydrogens (tertiary/aromatic N) is 3. The Morgan fingerprint density at radius 1 is 1.69 bits per heavy atom. The van der Waals surface area contributed by atoms with Crippen LogP contribution in [0.3, 0.4) is 0 Å². The fourth-order valence-corrected chi connectivity index (χ4v) is 1.42. The predicted molar refractivity (Wildman–Crippen MR) is 58.9 cm³/mol. The fourth-order valence-electron chi connectivity index (χ4n) is 1.42. The van der Waals surface area contributed by atoms with Gasteiger partial charge in [-0.05, 0) is 20.8 Å². The third-order valence-electron chi connectivity index (χ3n) is 2.65. The molecule has 0 aliphatic carbocycles. The van der Waals surface area contributed by atoms with E-state index in [1.165, 1.54) is 6.33 Å². The van der Waals surface area contributed by atoms with Gasteiger partial charge in [0.15, 0.2) is 0 Å². The summed E-state index contributed by atoms with van der Waals surface area (Å²) in [5, 5.41) is 13.2. The van der Waals surface area contributed by atoms with Crippen molar-refractivity contribution in [3.8, 4) is 0 Å². The third-order valence-corrected chi connectivity index (χ3v) is 2.65. The molecule has 0 amide bonds. The molecule has 1 atom stereocenters. The molecule has 0 aliphatic heterocycles. The van der Waals surface area contributed by atoms with E-state index in [1.54, 1.807) is 11.6 Å². The number of nitrogens with two attached hydrogens (primary N) is 1. The van der Waals surface area contributed by atoms with Crippen molar-refractivity contribution in [2.24, 2.45) is 11.1 Å². The summed E-state index contributed by atoms with van der Waals surface area (Å²) in [7, 11) is 0. The highest BCUT2D eigenvalue weighted by molar-refractivity contribution is 5.74. The van der Waals surface area contributed by atoms with Crippen molar-refractivity contribution >= 4 is 5.97 Å². The van der Waals surface area contributed by atoms with E-state index in [4.69, 9.17) is 10.8 Å². The average Bonchev–Trinajstić information content (AvgIpc) is 2.65. The van der Waals surface area contributed by atoms with Crippen molar-refractivity contribution in [3.05, 3.63) is 12.2 Å². The second kappa shape index (κ2) is 4.61. The molecular formula is C10H18N4O2. The third kappa shape index (κ3) is 2.38. The molecule has 16 heavy (non-hydrogen) atoms. The van der Waals surface area contributed by atoms with Gasteiger partial charge >= 0.3 is 5.97 Å². The zero-order valence-electron chi connectivity index (χ0n) is 9.84. The summed E-state index contributed by atoms with van der Waals surface area (Å²) >= 11 is 0. The van der Waals surface area contributed by atoms with E-state index in [9.17, 15) is 4.79 Å². The number of carboxylic acid groups (broad SMARTS) is 1. The second-order valence-corrected chi connectivity index (χ2v) is 4.46. The van der Waals surface area contributed by atoms with Crippen LogP contribution in [0.5, 0.6) is 0 Å². The SMILES string of the molecule is CC(C)n1ncnc1CC(C)(CN)C(=O)O. The zero-order valence-corrected chi connectivity index (χ0v) is 9.84. The zero-order chi connectivity index (χ0) is 12.3. The topological polar surface area (TPSA) is 94.0 Å². The molecule has 1 rings (SSSR count). The lowest BCUT2D eigenvalue weighted by atomic mass is 9.86. The van der Waals surface area contributed by atoms with Crippen molar-refractivity contribution in [3.63, 3.8) is 0 Å². The van der Waals surface area contributed by atoms with E-state index < -0.39 is 11.4 Å². The maximum Gasteiger partial charge on any atom is 0.311 e. The molecule has 6 nitrogen and oxygen atoms in total. The summed E-state index contributed by atoms with van der Waals surface area (Å²) in [6.07, 6.45) is 1.73. The van der Waals surface area contributed by atoms with Crippen LogP contribution < -0.4 is 5.73 Å². The minimum atomic E-state index is -0.986. The van der Waals surface area contributed by atoms with Crippen molar-refractivity contribution in [1.29, 1.82) is 0 Å². The number of rotatable bonds is 5. The highest BCUT2D eigenvalue weighted by Gasteiger charge is 2.33. The first-order valence-electron chi connectivity index (χ1n) is 5.22. The molecule has 1 aromatic heterocycles. The van der Waals surface area contributed by atoms with E-state index in [-0.39, 0.29) is 19.0 Å². The van der Waals surface area contributed by atoms with Crippen LogP contribution >= 0.6 is 0 Å². The Balaban J connectivity index is 2.95. The first-order valence-corrected chi connectivity index (χ1v) is 5.22. The number of carbonyl (C=O) groups is 1. The summed E-state index contributed by atoms with van der Waals surface area (Å²) in [5.74, 6) is -0.251. The first kappa shape index (κ1) is 12.6. The normalized spacial score (nSPS) is 15.1. The van der Waals surface area contributed by atoms with Crippen molar-refractivity contribution < 1.29 is 9.90 Å². The van der Waals surface area contributed by atoms with Gasteiger partial charge in [-0.2, -0.15) is 5.10 Å². The highest BCUT2D eigenvalue weighted by Crippen LogP contribution is 2.21. The molecule has 0 aromatic carbocycles. The van der Waals surface area contributed by atoms with E-state index in [0.29, 0.717) is 5.82 Å². The molecule has 3 N–H and O–H groups in total. The summed E-state index contributed by atoms with van der Waals surface area (Å²) in [4.78, 5) is 15.2. The maximum atomic E-state index is 11.1. The molecule has 0 bridgehead atoms. The Bertz CT molecular complexity index is 375. The maximum absolute atomic E-state index is 11.1. The molecule has 90 valence electrons. The van der Waals surface area contributed by atoms with Gasteiger partial charge < -0.3 is 10.8 Å². The molecule has 0 fully saturated rings. The molecule has 0 saturated carbocycles. The van der Waals surface area contributed by atoms with Crippen LogP contribution in [0, 0.1) is 5.41 Å². The standard InChI is InChI=1S/C10H18N4O2/c1-7(2)14-8(12-6-13-14)4-10(3,5-11)9(15)16/h6-7H,4-5,11H2,1-3H3,(H,15,16). The quantitative estimate of drug-likeness (QED) is 0.760. The Hall–Kier alpha value is -1.43. The monoisotopic (exact) mass is 226 g/mol. The molecule has 0 aliphatic rings. The number of aliphatic carboxylic acids is 1. The number of carboxylic acids is 1. The van der Waals surface area contributed by atoms with E-state index in [0.717, 1.165) is 0 Å². The van der Waals surface area contributed by atoms with E-state index in [2.05, 4.69) is 10.1 Å². The highest BCUT2D eigenvalue weighted by atomic mass is 16.4. The summed E-state index contributed by atoms with van der Waals surface area (Å²) in [6, 6.07) is 0.160. The molecule has 1 unspecified atom stereocenters. The molecule has 1 aromatic rings. The molecule has 0 saturated heterocycles. The minimum absolute atomic E-state index is 0.0767. The molecular weight excluding hydrogens is 208 g/mol. The van der Waals surface area contributed by atoms with Crippen LogP contribution in [0.15, 0.2) is 6.33 Å². The van der Waals surface area contributed by atoms with Crippen molar-refractivity contribution in [1.82, 2.24) is 14.8 Å². The second-order valence-electron chi connectivity index (χ2n) is 4.46. The smallest absolute Gasteiger partial charge is 0.311 e. The number of hydrogen-bond acceptors (Lipinski definition) is 4. The van der Waals surface area contributed by atoms with Gasteiger partial charge in [-0.25, -0.2) is 9.67 Å². The lowest BCUT2D eigenvalue weighted by molar-refractivity contribution is -0.147. The van der Waals surface area contributed by atoms with E-state index in [1.807, 2.05) is 13.8 Å². The van der Waals surface area contributed by atoms with Gasteiger partial charge in [0.2, 0.25) is 0 Å². The predicted octanol–water partition coefficient (Wildman–Crippen LogP) is 0.451. The van der Waals surface area contributed by atoms with Crippen molar-refractivity contribution in [2.45, 2.75) is 33.2 Å². The van der Waals surface area contributed by atoms with Crippen molar-refractivity contribution in [2.75, 3.05) is 6.54 Å². The van der Waals surface area contributed by atoms with Gasteiger partial charge in [0.25, 0.3) is 0 Å². The molecule has 1 heterocycles. The van der Waals surface area contributed by atoms with Gasteiger partial charge in [-0.15, -0.1) is 0 Å². The lowest BCUT2D eigenvalue weighted by Crippen LogP contribution is -2.38. The molecule has 0 spiro atoms. The fraction of sp³-hybridized carbons (Fsp3) is 0.700. The van der Waals surface area contributed by atoms with Crippen LogP contribution in [-0.4, -0.2) is 32.4 Å². The van der Waals surface area contributed by atoms with Crippen LogP contribution in [0.4, 0.5) is 0 Å². The average molecular weight is 226 g/mol. The number of aromatic nitrogens is 3. The van der Waals surface area contributed by atoms with Gasteiger partial charge in [0.05, 0.1) is 5.41 Å². The largest absolute Gasteiger partial charge is 0.481 e. The summed E-state index contributed by atoms with van der Waals surface area (Å²) < 4.78 is 1.72. The Morgan fingerprint density at radius 3 is 2.75 bits per heavy atom. The van der Waals surface area contributed by atoms with Crippen LogP contribution in [0.25, 0.3) is 0 Å². The molecule has 6 heteroatoms. The summed E-state index contributed by atoms with van der Waals surface area (Å²) in [5.41, 5.74) is 4.53. The van der Waals surface area contributed by atoms with Crippen LogP contribution in [0.2, 0.25) is 0 Å². The Kier molecular flexibility index (Phi) is 3.64. The molecule has 0 radical (unpaired) electrons. The Morgan fingerprint density at radius 2 is 2.31 bits per heavy atom. The van der Waals surface area contributed by atoms with Gasteiger partial charge in [-0.1, -0.05) is 0 Å². The first-order chi connectivity index (χ1) is 7.40. The van der Waals surface area contributed by atoms with Crippen LogP contribution in [0.1, 0.15) is 32.6 Å².